The van der Waals surface area contributed by atoms with Gasteiger partial charge in [-0.15, -0.1) is 0 Å². The third-order valence-corrected chi connectivity index (χ3v) is 2.55. The van der Waals surface area contributed by atoms with E-state index in [4.69, 9.17) is 4.74 Å². The van der Waals surface area contributed by atoms with Gasteiger partial charge in [-0.25, -0.2) is 4.79 Å². The molecular formula is C11H22N2O2. The van der Waals surface area contributed by atoms with E-state index >= 15 is 0 Å². The number of hydrogen-bond donors (Lipinski definition) is 1. The Morgan fingerprint density at radius 2 is 2.20 bits per heavy atom. The molecule has 1 amide bonds. The van der Waals surface area contributed by atoms with E-state index in [2.05, 4.69) is 17.3 Å². The van der Waals surface area contributed by atoms with Crippen LogP contribution < -0.4 is 5.32 Å². The smallest absolute Gasteiger partial charge is 0.407 e. The normalized spacial score (nSPS) is 22.8. The van der Waals surface area contributed by atoms with E-state index in [9.17, 15) is 4.79 Å². The van der Waals surface area contributed by atoms with Crippen LogP contribution in [0.3, 0.4) is 0 Å². The molecule has 0 aromatic rings. The fourth-order valence-electron chi connectivity index (χ4n) is 1.75. The van der Waals surface area contributed by atoms with Gasteiger partial charge >= 0.3 is 6.09 Å². The lowest BCUT2D eigenvalue weighted by molar-refractivity contribution is 0.0516. The van der Waals surface area contributed by atoms with E-state index in [-0.39, 0.29) is 6.09 Å². The van der Waals surface area contributed by atoms with Gasteiger partial charge in [0.25, 0.3) is 0 Å². The van der Waals surface area contributed by atoms with Crippen LogP contribution >= 0.6 is 0 Å². The molecule has 1 fully saturated rings. The number of ether oxygens (including phenoxy) is 1. The maximum atomic E-state index is 11.4. The summed E-state index contributed by atoms with van der Waals surface area (Å²) in [6.45, 7) is 7.42. The maximum Gasteiger partial charge on any atom is 0.407 e. The Hall–Kier alpha value is -0.770. The van der Waals surface area contributed by atoms with Crippen molar-refractivity contribution in [3.8, 4) is 0 Å². The molecule has 0 radical (unpaired) electrons. The number of carbonyl (C=O) groups excluding carboxylic acids is 1. The molecule has 1 N–H and O–H groups in total. The summed E-state index contributed by atoms with van der Waals surface area (Å²) in [5, 5.41) is 2.81. The number of alkyl carbamates (subject to hydrolysis) is 1. The van der Waals surface area contributed by atoms with Crippen LogP contribution in [-0.4, -0.2) is 42.8 Å². The van der Waals surface area contributed by atoms with Crippen molar-refractivity contribution in [3.05, 3.63) is 0 Å². The topological polar surface area (TPSA) is 41.6 Å². The number of likely N-dealkylation sites (tertiary alicyclic amines) is 1. The zero-order valence-corrected chi connectivity index (χ0v) is 10.2. The third-order valence-electron chi connectivity index (χ3n) is 2.55. The molecule has 0 aliphatic carbocycles. The molecule has 4 heteroatoms. The highest BCUT2D eigenvalue weighted by Crippen LogP contribution is 2.13. The summed E-state index contributed by atoms with van der Waals surface area (Å²) in [6.07, 6.45) is 2.06. The highest BCUT2D eigenvalue weighted by atomic mass is 16.6. The highest BCUT2D eigenvalue weighted by Gasteiger charge is 2.22. The Morgan fingerprint density at radius 3 is 2.67 bits per heavy atom. The highest BCUT2D eigenvalue weighted by molar-refractivity contribution is 5.67. The molecule has 0 aromatic carbocycles. The first-order valence-electron chi connectivity index (χ1n) is 5.55. The fraction of sp³-hybridized carbons (Fsp3) is 0.909. The van der Waals surface area contributed by atoms with Gasteiger partial charge < -0.3 is 15.0 Å². The van der Waals surface area contributed by atoms with Crippen LogP contribution in [0.15, 0.2) is 0 Å². The maximum absolute atomic E-state index is 11.4. The van der Waals surface area contributed by atoms with Gasteiger partial charge in [-0.1, -0.05) is 0 Å². The number of amides is 1. The predicted octanol–water partition coefficient (Wildman–Crippen LogP) is 1.61. The van der Waals surface area contributed by atoms with Gasteiger partial charge in [0.2, 0.25) is 0 Å². The van der Waals surface area contributed by atoms with Crippen molar-refractivity contribution < 1.29 is 9.53 Å². The van der Waals surface area contributed by atoms with Gasteiger partial charge in [0.1, 0.15) is 5.60 Å². The van der Waals surface area contributed by atoms with Crippen LogP contribution in [-0.2, 0) is 4.74 Å². The largest absolute Gasteiger partial charge is 0.444 e. The van der Waals surface area contributed by atoms with Crippen LogP contribution in [0, 0.1) is 0 Å². The zero-order chi connectivity index (χ0) is 11.5. The molecule has 1 rings (SSSR count). The Bertz CT molecular complexity index is 223. The molecule has 1 unspecified atom stereocenters. The average Bonchev–Trinajstić information content (AvgIpc) is 2.44. The standard InChI is InChI=1S/C11H22N2O2/c1-11(2,3)15-10(14)12-8-9-6-5-7-13(9)4/h9H,5-8H2,1-4H3,(H,12,14). The first-order valence-corrected chi connectivity index (χ1v) is 5.55. The Balaban J connectivity index is 2.22. The van der Waals surface area contributed by atoms with Gasteiger partial charge in [0, 0.05) is 12.6 Å². The summed E-state index contributed by atoms with van der Waals surface area (Å²) in [5.41, 5.74) is -0.411. The molecule has 0 bridgehead atoms. The van der Waals surface area contributed by atoms with Gasteiger partial charge in [0.05, 0.1) is 0 Å². The van der Waals surface area contributed by atoms with Crippen molar-refractivity contribution in [3.63, 3.8) is 0 Å². The number of rotatable bonds is 2. The number of carbonyl (C=O) groups is 1. The Kier molecular flexibility index (Phi) is 3.97. The minimum atomic E-state index is -0.411. The first-order chi connectivity index (χ1) is 6.88. The summed E-state index contributed by atoms with van der Waals surface area (Å²) in [4.78, 5) is 13.6. The molecule has 88 valence electrons. The summed E-state index contributed by atoms with van der Waals surface area (Å²) >= 11 is 0. The molecule has 1 atom stereocenters. The molecule has 1 heterocycles. The first kappa shape index (κ1) is 12.3. The average molecular weight is 214 g/mol. The second-order valence-electron chi connectivity index (χ2n) is 5.16. The molecule has 1 aliphatic rings. The summed E-state index contributed by atoms with van der Waals surface area (Å²) in [7, 11) is 2.09. The Morgan fingerprint density at radius 1 is 1.53 bits per heavy atom. The van der Waals surface area contributed by atoms with E-state index in [1.54, 1.807) is 0 Å². The minimum absolute atomic E-state index is 0.317. The minimum Gasteiger partial charge on any atom is -0.444 e. The lowest BCUT2D eigenvalue weighted by Crippen LogP contribution is -2.40. The fourth-order valence-corrected chi connectivity index (χ4v) is 1.75. The SMILES string of the molecule is CN1CCCC1CNC(=O)OC(C)(C)C. The van der Waals surface area contributed by atoms with Crippen LogP contribution in [0.5, 0.6) is 0 Å². The Labute approximate surface area is 92.0 Å². The molecule has 1 aliphatic heterocycles. The molecule has 1 saturated heterocycles. The van der Waals surface area contributed by atoms with Gasteiger partial charge in [0.15, 0.2) is 0 Å². The lowest BCUT2D eigenvalue weighted by Gasteiger charge is -2.23. The molecule has 4 nitrogen and oxygen atoms in total. The second kappa shape index (κ2) is 4.84. The van der Waals surface area contributed by atoms with E-state index in [1.165, 1.54) is 6.42 Å². The van der Waals surface area contributed by atoms with E-state index in [1.807, 2.05) is 20.8 Å². The molecule has 0 aromatic heterocycles. The van der Waals surface area contributed by atoms with Gasteiger partial charge in [-0.05, 0) is 47.2 Å². The second-order valence-corrected chi connectivity index (χ2v) is 5.16. The third kappa shape index (κ3) is 4.51. The van der Waals surface area contributed by atoms with E-state index < -0.39 is 5.60 Å². The zero-order valence-electron chi connectivity index (χ0n) is 10.2. The predicted molar refractivity (Wildman–Crippen MR) is 59.9 cm³/mol. The van der Waals surface area contributed by atoms with Crippen LogP contribution in [0.4, 0.5) is 4.79 Å². The van der Waals surface area contributed by atoms with Crippen molar-refractivity contribution in [2.24, 2.45) is 0 Å². The van der Waals surface area contributed by atoms with E-state index in [0.717, 1.165) is 13.0 Å². The number of likely N-dealkylation sites (N-methyl/N-ethyl adjacent to an activating group) is 1. The summed E-state index contributed by atoms with van der Waals surface area (Å²) < 4.78 is 5.16. The lowest BCUT2D eigenvalue weighted by atomic mass is 10.2. The number of nitrogens with zero attached hydrogens (tertiary/aromatic N) is 1. The van der Waals surface area contributed by atoms with Crippen molar-refractivity contribution in [2.45, 2.75) is 45.3 Å². The molecular weight excluding hydrogens is 192 g/mol. The van der Waals surface area contributed by atoms with Crippen molar-refractivity contribution in [1.82, 2.24) is 10.2 Å². The van der Waals surface area contributed by atoms with Crippen molar-refractivity contribution >= 4 is 6.09 Å². The molecule has 0 spiro atoms. The summed E-state index contributed by atoms with van der Waals surface area (Å²) in [5.74, 6) is 0. The van der Waals surface area contributed by atoms with Gasteiger partial charge in [-0.3, -0.25) is 0 Å². The quantitative estimate of drug-likeness (QED) is 0.759. The van der Waals surface area contributed by atoms with Crippen LogP contribution in [0.1, 0.15) is 33.6 Å². The van der Waals surface area contributed by atoms with E-state index in [0.29, 0.717) is 12.6 Å². The number of hydrogen-bond acceptors (Lipinski definition) is 3. The van der Waals surface area contributed by atoms with Crippen LogP contribution in [0.2, 0.25) is 0 Å². The summed E-state index contributed by atoms with van der Waals surface area (Å²) in [6, 6.07) is 0.470. The molecule has 0 saturated carbocycles. The van der Waals surface area contributed by atoms with Crippen molar-refractivity contribution in [1.29, 1.82) is 0 Å². The van der Waals surface area contributed by atoms with Crippen molar-refractivity contribution in [2.75, 3.05) is 20.1 Å². The van der Waals surface area contributed by atoms with Gasteiger partial charge in [-0.2, -0.15) is 0 Å². The number of nitrogens with one attached hydrogen (secondary N) is 1. The van der Waals surface area contributed by atoms with Crippen LogP contribution in [0.25, 0.3) is 0 Å². The molecule has 15 heavy (non-hydrogen) atoms. The monoisotopic (exact) mass is 214 g/mol.